The molecule has 2 aromatic rings. The summed E-state index contributed by atoms with van der Waals surface area (Å²) in [6.45, 7) is 0. The fourth-order valence-electron chi connectivity index (χ4n) is 1.23. The van der Waals surface area contributed by atoms with Crippen LogP contribution in [0.2, 0.25) is 0 Å². The van der Waals surface area contributed by atoms with E-state index in [9.17, 15) is 0 Å². The Balaban J connectivity index is 2.86. The molecule has 58 valence electrons. The molecular formula is C9H7N3. The number of H-pyrrole nitrogens is 1. The fraction of sp³-hybridized carbons (Fsp3) is 0. The fourth-order valence-corrected chi connectivity index (χ4v) is 1.23. The predicted octanol–water partition coefficient (Wildman–Crippen LogP) is 1.62. The molecule has 0 spiro atoms. The predicted molar refractivity (Wildman–Crippen MR) is 47.4 cm³/mol. The summed E-state index contributed by atoms with van der Waals surface area (Å²) < 4.78 is 0. The lowest BCUT2D eigenvalue weighted by Gasteiger charge is -1.92. The Morgan fingerprint density at radius 3 is 3.00 bits per heavy atom. The van der Waals surface area contributed by atoms with E-state index in [2.05, 4.69) is 11.1 Å². The second kappa shape index (κ2) is 2.28. The number of rotatable bonds is 0. The SMILES string of the molecule is N#Cc1c[nH]c2ccc(N)cc12. The summed E-state index contributed by atoms with van der Waals surface area (Å²) in [6, 6.07) is 7.56. The minimum atomic E-state index is 0.636. The minimum Gasteiger partial charge on any atom is -0.399 e. The van der Waals surface area contributed by atoms with Crippen LogP contribution in [0.4, 0.5) is 5.69 Å². The first kappa shape index (κ1) is 6.74. The van der Waals surface area contributed by atoms with Crippen LogP contribution in [-0.4, -0.2) is 4.98 Å². The standard InChI is InChI=1S/C9H7N3/c10-4-6-5-12-9-2-1-7(11)3-8(6)9/h1-3,5,12H,11H2. The van der Waals surface area contributed by atoms with E-state index in [1.165, 1.54) is 0 Å². The van der Waals surface area contributed by atoms with Crippen LogP contribution in [-0.2, 0) is 0 Å². The van der Waals surface area contributed by atoms with Gasteiger partial charge in [-0.2, -0.15) is 5.26 Å². The molecular weight excluding hydrogens is 150 g/mol. The van der Waals surface area contributed by atoms with Gasteiger partial charge in [-0.25, -0.2) is 0 Å². The van der Waals surface area contributed by atoms with Crippen molar-refractivity contribution in [2.45, 2.75) is 0 Å². The third kappa shape index (κ3) is 0.823. The van der Waals surface area contributed by atoms with Crippen LogP contribution in [0, 0.1) is 11.3 Å². The van der Waals surface area contributed by atoms with E-state index in [0.29, 0.717) is 11.3 Å². The number of nitrogens with two attached hydrogens (primary N) is 1. The van der Waals surface area contributed by atoms with Crippen LogP contribution in [0.3, 0.4) is 0 Å². The van der Waals surface area contributed by atoms with Gasteiger partial charge in [0.25, 0.3) is 0 Å². The topological polar surface area (TPSA) is 65.6 Å². The van der Waals surface area contributed by atoms with Gasteiger partial charge >= 0.3 is 0 Å². The zero-order chi connectivity index (χ0) is 8.55. The van der Waals surface area contributed by atoms with Crippen LogP contribution < -0.4 is 5.73 Å². The highest BCUT2D eigenvalue weighted by atomic mass is 14.7. The van der Waals surface area contributed by atoms with Crippen LogP contribution in [0.25, 0.3) is 10.9 Å². The molecule has 0 radical (unpaired) electrons. The molecule has 0 amide bonds. The van der Waals surface area contributed by atoms with Gasteiger partial charge in [-0.3, -0.25) is 0 Å². The smallest absolute Gasteiger partial charge is 0.101 e. The molecule has 0 saturated heterocycles. The van der Waals surface area contributed by atoms with Gasteiger partial charge in [0.2, 0.25) is 0 Å². The van der Waals surface area contributed by atoms with Crippen molar-refractivity contribution in [3.05, 3.63) is 30.0 Å². The Morgan fingerprint density at radius 2 is 2.25 bits per heavy atom. The van der Waals surface area contributed by atoms with Gasteiger partial charge in [-0.15, -0.1) is 0 Å². The molecule has 1 aromatic heterocycles. The van der Waals surface area contributed by atoms with Gasteiger partial charge in [0, 0.05) is 22.8 Å². The Labute approximate surface area is 69.4 Å². The van der Waals surface area contributed by atoms with Crippen LogP contribution in [0.5, 0.6) is 0 Å². The summed E-state index contributed by atoms with van der Waals surface area (Å²) in [7, 11) is 0. The van der Waals surface area contributed by atoms with Crippen LogP contribution >= 0.6 is 0 Å². The molecule has 3 nitrogen and oxygen atoms in total. The highest BCUT2D eigenvalue weighted by molar-refractivity contribution is 5.88. The molecule has 1 aromatic carbocycles. The van der Waals surface area contributed by atoms with Crippen molar-refractivity contribution < 1.29 is 0 Å². The maximum absolute atomic E-state index is 8.70. The van der Waals surface area contributed by atoms with Crippen molar-refractivity contribution in [2.75, 3.05) is 5.73 Å². The summed E-state index contributed by atoms with van der Waals surface area (Å²) in [4.78, 5) is 2.99. The first-order valence-corrected chi connectivity index (χ1v) is 3.58. The van der Waals surface area contributed by atoms with Crippen molar-refractivity contribution in [1.29, 1.82) is 5.26 Å². The lowest BCUT2D eigenvalue weighted by Crippen LogP contribution is -1.82. The van der Waals surface area contributed by atoms with Gasteiger partial charge in [-0.05, 0) is 18.2 Å². The van der Waals surface area contributed by atoms with Gasteiger partial charge in [0.15, 0.2) is 0 Å². The molecule has 0 saturated carbocycles. The zero-order valence-electron chi connectivity index (χ0n) is 6.33. The number of anilines is 1. The molecule has 0 aliphatic heterocycles. The molecule has 3 N–H and O–H groups in total. The Morgan fingerprint density at radius 1 is 1.42 bits per heavy atom. The van der Waals surface area contributed by atoms with Gasteiger partial charge in [-0.1, -0.05) is 0 Å². The number of benzene rings is 1. The molecule has 0 aliphatic rings. The molecule has 3 heteroatoms. The van der Waals surface area contributed by atoms with E-state index in [1.54, 1.807) is 18.3 Å². The van der Waals surface area contributed by atoms with Crippen molar-refractivity contribution in [3.63, 3.8) is 0 Å². The molecule has 0 atom stereocenters. The van der Waals surface area contributed by atoms with Crippen molar-refractivity contribution >= 4 is 16.6 Å². The van der Waals surface area contributed by atoms with E-state index in [1.807, 2.05) is 6.07 Å². The highest BCUT2D eigenvalue weighted by Gasteiger charge is 2.01. The largest absolute Gasteiger partial charge is 0.399 e. The van der Waals surface area contributed by atoms with E-state index < -0.39 is 0 Å². The van der Waals surface area contributed by atoms with E-state index in [4.69, 9.17) is 11.0 Å². The number of aromatic nitrogens is 1. The summed E-state index contributed by atoms with van der Waals surface area (Å²) in [5.74, 6) is 0. The maximum Gasteiger partial charge on any atom is 0.101 e. The maximum atomic E-state index is 8.70. The zero-order valence-corrected chi connectivity index (χ0v) is 6.33. The Bertz CT molecular complexity index is 462. The van der Waals surface area contributed by atoms with Gasteiger partial charge in [0.05, 0.1) is 5.56 Å². The van der Waals surface area contributed by atoms with E-state index in [-0.39, 0.29) is 0 Å². The van der Waals surface area contributed by atoms with Crippen LogP contribution in [0.1, 0.15) is 5.56 Å². The first-order chi connectivity index (χ1) is 5.81. The number of nitrogens with zero attached hydrogens (tertiary/aromatic N) is 1. The number of aromatic amines is 1. The van der Waals surface area contributed by atoms with Crippen molar-refractivity contribution in [1.82, 2.24) is 4.98 Å². The normalized spacial score (nSPS) is 9.92. The second-order valence-electron chi connectivity index (χ2n) is 2.62. The molecule has 2 rings (SSSR count). The van der Waals surface area contributed by atoms with Crippen LogP contribution in [0.15, 0.2) is 24.4 Å². The molecule has 0 unspecified atom stereocenters. The summed E-state index contributed by atoms with van der Waals surface area (Å²) in [6.07, 6.45) is 1.68. The molecule has 0 bridgehead atoms. The molecule has 12 heavy (non-hydrogen) atoms. The lowest BCUT2D eigenvalue weighted by molar-refractivity contribution is 1.45. The highest BCUT2D eigenvalue weighted by Crippen LogP contribution is 2.19. The number of nitrogen functional groups attached to an aromatic ring is 1. The Hall–Kier alpha value is -1.95. The third-order valence-corrected chi connectivity index (χ3v) is 1.83. The van der Waals surface area contributed by atoms with E-state index in [0.717, 1.165) is 10.9 Å². The van der Waals surface area contributed by atoms with Crippen molar-refractivity contribution in [3.8, 4) is 6.07 Å². The Kier molecular flexibility index (Phi) is 1.28. The number of fused-ring (bicyclic) bond motifs is 1. The molecule has 0 aliphatic carbocycles. The van der Waals surface area contributed by atoms with Gasteiger partial charge < -0.3 is 10.7 Å². The summed E-state index contributed by atoms with van der Waals surface area (Å²) in [5.41, 5.74) is 7.84. The average Bonchev–Trinajstić information content (AvgIpc) is 2.46. The number of nitriles is 1. The number of hydrogen-bond donors (Lipinski definition) is 2. The monoisotopic (exact) mass is 157 g/mol. The quantitative estimate of drug-likeness (QED) is 0.570. The van der Waals surface area contributed by atoms with Gasteiger partial charge in [0.1, 0.15) is 6.07 Å². The molecule has 1 heterocycles. The third-order valence-electron chi connectivity index (χ3n) is 1.83. The van der Waals surface area contributed by atoms with Crippen molar-refractivity contribution in [2.24, 2.45) is 0 Å². The average molecular weight is 157 g/mol. The van der Waals surface area contributed by atoms with E-state index >= 15 is 0 Å². The summed E-state index contributed by atoms with van der Waals surface area (Å²) >= 11 is 0. The minimum absolute atomic E-state index is 0.636. The lowest BCUT2D eigenvalue weighted by atomic mass is 10.2. The summed E-state index contributed by atoms with van der Waals surface area (Å²) in [5, 5.41) is 9.59. The molecule has 0 fully saturated rings. The number of nitrogens with one attached hydrogen (secondary N) is 1. The number of hydrogen-bond acceptors (Lipinski definition) is 2. The second-order valence-corrected chi connectivity index (χ2v) is 2.62. The first-order valence-electron chi connectivity index (χ1n) is 3.58.